The van der Waals surface area contributed by atoms with E-state index in [1.54, 1.807) is 0 Å². The second-order valence-electron chi connectivity index (χ2n) is 5.90. The molecule has 0 radical (unpaired) electrons. The monoisotopic (exact) mass is 286 g/mol. The van der Waals surface area contributed by atoms with Gasteiger partial charge < -0.3 is 16.2 Å². The number of nitrogens with two attached hydrogens (primary N) is 1. The van der Waals surface area contributed by atoms with E-state index in [1.165, 1.54) is 0 Å². The Morgan fingerprint density at radius 1 is 1.20 bits per heavy atom. The predicted molar refractivity (Wildman–Crippen MR) is 80.3 cm³/mol. The maximum absolute atomic E-state index is 12.0. The minimum absolute atomic E-state index is 0.0253. The SMILES string of the molecule is CCC(C)C(C)C(CC(=O)O)NC(=O)CC(C)CCN. The van der Waals surface area contributed by atoms with Gasteiger partial charge in [0.25, 0.3) is 0 Å². The van der Waals surface area contributed by atoms with Gasteiger partial charge in [-0.2, -0.15) is 0 Å². The fourth-order valence-electron chi connectivity index (χ4n) is 2.29. The van der Waals surface area contributed by atoms with Crippen molar-refractivity contribution in [3.8, 4) is 0 Å². The first kappa shape index (κ1) is 18.9. The summed E-state index contributed by atoms with van der Waals surface area (Å²) in [4.78, 5) is 23.0. The molecular formula is C15H30N2O3. The number of carboxylic acids is 1. The van der Waals surface area contributed by atoms with Gasteiger partial charge in [0.2, 0.25) is 5.91 Å². The van der Waals surface area contributed by atoms with Gasteiger partial charge in [-0.25, -0.2) is 0 Å². The molecule has 0 aliphatic heterocycles. The molecule has 5 nitrogen and oxygen atoms in total. The topological polar surface area (TPSA) is 92.4 Å². The largest absolute Gasteiger partial charge is 0.481 e. The lowest BCUT2D eigenvalue weighted by Crippen LogP contribution is -2.43. The zero-order valence-corrected chi connectivity index (χ0v) is 13.2. The Bertz CT molecular complexity index is 307. The summed E-state index contributed by atoms with van der Waals surface area (Å²) in [5.74, 6) is -0.205. The van der Waals surface area contributed by atoms with Crippen LogP contribution in [0.5, 0.6) is 0 Å². The van der Waals surface area contributed by atoms with E-state index in [9.17, 15) is 9.59 Å². The third kappa shape index (κ3) is 7.48. The lowest BCUT2D eigenvalue weighted by atomic mass is 9.85. The lowest BCUT2D eigenvalue weighted by Gasteiger charge is -2.28. The predicted octanol–water partition coefficient (Wildman–Crippen LogP) is 2.00. The molecule has 5 heteroatoms. The Hall–Kier alpha value is -1.10. The van der Waals surface area contributed by atoms with Crippen LogP contribution in [0.3, 0.4) is 0 Å². The van der Waals surface area contributed by atoms with Gasteiger partial charge in [-0.3, -0.25) is 9.59 Å². The fourth-order valence-corrected chi connectivity index (χ4v) is 2.29. The summed E-state index contributed by atoms with van der Waals surface area (Å²) in [7, 11) is 0. The van der Waals surface area contributed by atoms with Gasteiger partial charge in [-0.15, -0.1) is 0 Å². The maximum Gasteiger partial charge on any atom is 0.305 e. The Balaban J connectivity index is 4.56. The molecule has 4 atom stereocenters. The van der Waals surface area contributed by atoms with Gasteiger partial charge in [0.1, 0.15) is 0 Å². The van der Waals surface area contributed by atoms with Crippen LogP contribution in [0.1, 0.15) is 53.4 Å². The van der Waals surface area contributed by atoms with E-state index in [1.807, 2.05) is 13.8 Å². The quantitative estimate of drug-likeness (QED) is 0.572. The Morgan fingerprint density at radius 3 is 2.25 bits per heavy atom. The van der Waals surface area contributed by atoms with Crippen molar-refractivity contribution in [2.45, 2.75) is 59.4 Å². The van der Waals surface area contributed by atoms with E-state index in [4.69, 9.17) is 10.8 Å². The highest BCUT2D eigenvalue weighted by atomic mass is 16.4. The molecule has 118 valence electrons. The van der Waals surface area contributed by atoms with Gasteiger partial charge in [-0.1, -0.05) is 34.1 Å². The Morgan fingerprint density at radius 2 is 1.80 bits per heavy atom. The molecule has 0 aromatic heterocycles. The highest BCUT2D eigenvalue weighted by Crippen LogP contribution is 2.21. The third-order valence-corrected chi connectivity index (χ3v) is 4.11. The van der Waals surface area contributed by atoms with Gasteiger partial charge in [0.15, 0.2) is 0 Å². The van der Waals surface area contributed by atoms with Crippen molar-refractivity contribution in [3.05, 3.63) is 0 Å². The molecule has 4 N–H and O–H groups in total. The summed E-state index contributed by atoms with van der Waals surface area (Å²) in [6, 6.07) is -0.306. The minimum Gasteiger partial charge on any atom is -0.481 e. The van der Waals surface area contributed by atoms with E-state index in [2.05, 4.69) is 19.2 Å². The zero-order valence-electron chi connectivity index (χ0n) is 13.2. The molecule has 0 aromatic carbocycles. The van der Waals surface area contributed by atoms with Crippen molar-refractivity contribution in [3.63, 3.8) is 0 Å². The van der Waals surface area contributed by atoms with Crippen molar-refractivity contribution < 1.29 is 14.7 Å². The maximum atomic E-state index is 12.0. The van der Waals surface area contributed by atoms with E-state index in [-0.39, 0.29) is 30.2 Å². The van der Waals surface area contributed by atoms with Crippen LogP contribution in [0.15, 0.2) is 0 Å². The molecule has 1 amide bonds. The van der Waals surface area contributed by atoms with Crippen LogP contribution in [-0.4, -0.2) is 29.6 Å². The van der Waals surface area contributed by atoms with Crippen molar-refractivity contribution in [1.82, 2.24) is 5.32 Å². The molecule has 0 fully saturated rings. The molecule has 0 bridgehead atoms. The number of hydrogen-bond donors (Lipinski definition) is 3. The average molecular weight is 286 g/mol. The highest BCUT2D eigenvalue weighted by Gasteiger charge is 2.26. The van der Waals surface area contributed by atoms with E-state index in [0.29, 0.717) is 18.9 Å². The number of nitrogens with one attached hydrogen (secondary N) is 1. The number of hydrogen-bond acceptors (Lipinski definition) is 3. The van der Waals surface area contributed by atoms with Crippen LogP contribution in [-0.2, 0) is 9.59 Å². The van der Waals surface area contributed by atoms with E-state index < -0.39 is 5.97 Å². The van der Waals surface area contributed by atoms with Gasteiger partial charge in [0.05, 0.1) is 6.42 Å². The highest BCUT2D eigenvalue weighted by molar-refractivity contribution is 5.77. The first-order valence-corrected chi connectivity index (χ1v) is 7.52. The smallest absolute Gasteiger partial charge is 0.305 e. The van der Waals surface area contributed by atoms with Crippen LogP contribution in [0.4, 0.5) is 0 Å². The summed E-state index contributed by atoms with van der Waals surface area (Å²) >= 11 is 0. The third-order valence-electron chi connectivity index (χ3n) is 4.11. The fraction of sp³-hybridized carbons (Fsp3) is 0.867. The van der Waals surface area contributed by atoms with Crippen molar-refractivity contribution in [2.75, 3.05) is 6.54 Å². The molecule has 0 saturated carbocycles. The Kier molecular flexibility index (Phi) is 9.21. The van der Waals surface area contributed by atoms with Crippen molar-refractivity contribution in [1.29, 1.82) is 0 Å². The molecule has 0 saturated heterocycles. The van der Waals surface area contributed by atoms with Gasteiger partial charge in [0, 0.05) is 12.5 Å². The average Bonchev–Trinajstić information content (AvgIpc) is 2.35. The summed E-state index contributed by atoms with van der Waals surface area (Å²) in [5, 5.41) is 11.9. The standard InChI is InChI=1S/C15H30N2O3/c1-5-11(3)12(4)13(9-15(19)20)17-14(18)8-10(2)6-7-16/h10-13H,5-9,16H2,1-4H3,(H,17,18)(H,19,20). The van der Waals surface area contributed by atoms with Crippen LogP contribution in [0, 0.1) is 17.8 Å². The molecule has 0 aliphatic rings. The molecular weight excluding hydrogens is 256 g/mol. The van der Waals surface area contributed by atoms with Crippen LogP contribution >= 0.6 is 0 Å². The number of carboxylic acid groups (broad SMARTS) is 1. The molecule has 0 aliphatic carbocycles. The molecule has 0 spiro atoms. The van der Waals surface area contributed by atoms with Crippen molar-refractivity contribution >= 4 is 11.9 Å². The lowest BCUT2D eigenvalue weighted by molar-refractivity contribution is -0.138. The first-order chi connectivity index (χ1) is 9.31. The van der Waals surface area contributed by atoms with Crippen LogP contribution in [0.25, 0.3) is 0 Å². The summed E-state index contributed by atoms with van der Waals surface area (Å²) in [6.07, 6.45) is 2.15. The van der Waals surface area contributed by atoms with E-state index in [0.717, 1.165) is 12.8 Å². The second kappa shape index (κ2) is 9.75. The van der Waals surface area contributed by atoms with Crippen LogP contribution < -0.4 is 11.1 Å². The second-order valence-corrected chi connectivity index (χ2v) is 5.90. The van der Waals surface area contributed by atoms with E-state index >= 15 is 0 Å². The number of rotatable bonds is 10. The number of carbonyl (C=O) groups is 2. The van der Waals surface area contributed by atoms with Gasteiger partial charge in [-0.05, 0) is 30.7 Å². The molecule has 0 heterocycles. The summed E-state index contributed by atoms with van der Waals surface area (Å²) in [5.41, 5.74) is 5.47. The normalized spacial score (nSPS) is 17.1. The summed E-state index contributed by atoms with van der Waals surface area (Å²) in [6.45, 7) is 8.71. The number of aliphatic carboxylic acids is 1. The number of carbonyl (C=O) groups excluding carboxylic acids is 1. The molecule has 4 unspecified atom stereocenters. The Labute approximate surface area is 122 Å². The minimum atomic E-state index is -0.875. The molecule has 20 heavy (non-hydrogen) atoms. The molecule has 0 rings (SSSR count). The summed E-state index contributed by atoms with van der Waals surface area (Å²) < 4.78 is 0. The molecule has 0 aromatic rings. The van der Waals surface area contributed by atoms with Crippen molar-refractivity contribution in [2.24, 2.45) is 23.5 Å². The first-order valence-electron chi connectivity index (χ1n) is 7.52. The zero-order chi connectivity index (χ0) is 15.7. The van der Waals surface area contributed by atoms with Gasteiger partial charge >= 0.3 is 5.97 Å². The number of amides is 1. The van der Waals surface area contributed by atoms with Crippen LogP contribution in [0.2, 0.25) is 0 Å².